The molecular formula is C33H38ClF3N10O4. The average Bonchev–Trinajstić information content (AvgIpc) is 3.85. The van der Waals surface area contributed by atoms with Crippen molar-refractivity contribution in [2.75, 3.05) is 25.0 Å². The number of aromatic amines is 1. The lowest BCUT2D eigenvalue weighted by molar-refractivity contribution is -0.274. The van der Waals surface area contributed by atoms with Crippen molar-refractivity contribution < 1.29 is 32.2 Å². The second kappa shape index (κ2) is 15.1. The van der Waals surface area contributed by atoms with E-state index in [4.69, 9.17) is 21.1 Å². The molecule has 1 fully saturated rings. The summed E-state index contributed by atoms with van der Waals surface area (Å²) in [7, 11) is 0. The van der Waals surface area contributed by atoms with Crippen molar-refractivity contribution in [3.8, 4) is 11.4 Å². The molecule has 1 aliphatic heterocycles. The SMILES string of the molecule is CC(C)(C)OC(=O)N(CCc1nnc(CCNc2cc(-n3cnnc3)cc3c2cnn3C2CCCCO2)[nH]1)Cc1ccc(OC(F)(F)F)c(Cl)c1. The highest BCUT2D eigenvalue weighted by atomic mass is 35.5. The summed E-state index contributed by atoms with van der Waals surface area (Å²) in [6, 6.07) is 7.91. The van der Waals surface area contributed by atoms with Gasteiger partial charge in [0, 0.05) is 50.2 Å². The molecule has 5 aromatic rings. The number of benzene rings is 2. The van der Waals surface area contributed by atoms with Gasteiger partial charge in [-0.15, -0.1) is 33.6 Å². The molecule has 1 unspecified atom stereocenters. The summed E-state index contributed by atoms with van der Waals surface area (Å²) in [5, 5.41) is 25.4. The first-order valence-electron chi connectivity index (χ1n) is 16.5. The van der Waals surface area contributed by atoms with Crippen LogP contribution in [0.15, 0.2) is 49.2 Å². The van der Waals surface area contributed by atoms with Crippen LogP contribution in [0.2, 0.25) is 5.02 Å². The Hall–Kier alpha value is -4.90. The molecule has 1 saturated heterocycles. The van der Waals surface area contributed by atoms with Crippen LogP contribution in [-0.2, 0) is 28.9 Å². The number of H-pyrrole nitrogens is 1. The van der Waals surface area contributed by atoms with E-state index in [0.29, 0.717) is 43.2 Å². The summed E-state index contributed by atoms with van der Waals surface area (Å²) in [5.41, 5.74) is 2.40. The largest absolute Gasteiger partial charge is 0.573 e. The highest BCUT2D eigenvalue weighted by molar-refractivity contribution is 6.32. The van der Waals surface area contributed by atoms with E-state index in [2.05, 4.69) is 40.5 Å². The van der Waals surface area contributed by atoms with Crippen molar-refractivity contribution in [1.29, 1.82) is 0 Å². The van der Waals surface area contributed by atoms with Crippen LogP contribution in [-0.4, -0.2) is 82.4 Å². The van der Waals surface area contributed by atoms with Crippen LogP contribution in [0, 0.1) is 0 Å². The van der Waals surface area contributed by atoms with Gasteiger partial charge in [0.1, 0.15) is 35.7 Å². The van der Waals surface area contributed by atoms with Crippen LogP contribution in [0.25, 0.3) is 16.6 Å². The van der Waals surface area contributed by atoms with E-state index in [-0.39, 0.29) is 24.3 Å². The van der Waals surface area contributed by atoms with Crippen molar-refractivity contribution in [3.63, 3.8) is 0 Å². The molecule has 14 nitrogen and oxygen atoms in total. The molecule has 0 saturated carbocycles. The maximum Gasteiger partial charge on any atom is 0.573 e. The van der Waals surface area contributed by atoms with E-state index in [1.165, 1.54) is 17.0 Å². The Morgan fingerprint density at radius 2 is 1.86 bits per heavy atom. The molecule has 1 amide bonds. The van der Waals surface area contributed by atoms with Crippen LogP contribution in [0.1, 0.15) is 63.5 Å². The molecule has 51 heavy (non-hydrogen) atoms. The number of ether oxygens (including phenoxy) is 3. The van der Waals surface area contributed by atoms with Crippen LogP contribution in [0.5, 0.6) is 5.75 Å². The van der Waals surface area contributed by atoms with E-state index < -0.39 is 23.8 Å². The molecule has 4 heterocycles. The van der Waals surface area contributed by atoms with Crippen molar-refractivity contribution >= 4 is 34.3 Å². The fourth-order valence-corrected chi connectivity index (χ4v) is 5.90. The summed E-state index contributed by atoms with van der Waals surface area (Å²) in [4.78, 5) is 17.8. The molecule has 6 rings (SSSR count). The zero-order valence-electron chi connectivity index (χ0n) is 28.3. The summed E-state index contributed by atoms with van der Waals surface area (Å²) in [5.74, 6) is 0.666. The Bertz CT molecular complexity index is 1940. The maximum absolute atomic E-state index is 13.1. The first-order chi connectivity index (χ1) is 24.3. The number of nitrogens with zero attached hydrogens (tertiary/aromatic N) is 8. The van der Waals surface area contributed by atoms with E-state index in [0.717, 1.165) is 47.6 Å². The normalized spacial score (nSPS) is 15.2. The van der Waals surface area contributed by atoms with E-state index in [9.17, 15) is 18.0 Å². The predicted octanol–water partition coefficient (Wildman–Crippen LogP) is 6.62. The van der Waals surface area contributed by atoms with Gasteiger partial charge in [0.15, 0.2) is 6.23 Å². The van der Waals surface area contributed by atoms with Gasteiger partial charge in [-0.1, -0.05) is 17.7 Å². The minimum atomic E-state index is -4.88. The maximum atomic E-state index is 13.1. The number of alkyl halides is 3. The molecule has 18 heteroatoms. The number of carbonyl (C=O) groups excluding carboxylic acids is 1. The zero-order valence-corrected chi connectivity index (χ0v) is 29.0. The lowest BCUT2D eigenvalue weighted by Crippen LogP contribution is -2.37. The van der Waals surface area contributed by atoms with E-state index >= 15 is 0 Å². The summed E-state index contributed by atoms with van der Waals surface area (Å²) < 4.78 is 57.4. The van der Waals surface area contributed by atoms with Crippen LogP contribution < -0.4 is 10.1 Å². The van der Waals surface area contributed by atoms with Gasteiger partial charge in [-0.3, -0.25) is 4.57 Å². The molecule has 0 radical (unpaired) electrons. The van der Waals surface area contributed by atoms with Gasteiger partial charge in [0.25, 0.3) is 0 Å². The van der Waals surface area contributed by atoms with Gasteiger partial charge >= 0.3 is 12.5 Å². The summed E-state index contributed by atoms with van der Waals surface area (Å²) >= 11 is 6.05. The topological polar surface area (TPSA) is 150 Å². The van der Waals surface area contributed by atoms with Gasteiger partial charge in [0.2, 0.25) is 0 Å². The van der Waals surface area contributed by atoms with Crippen molar-refractivity contribution in [2.24, 2.45) is 0 Å². The van der Waals surface area contributed by atoms with E-state index in [1.54, 1.807) is 33.4 Å². The average molecular weight is 731 g/mol. The van der Waals surface area contributed by atoms with Gasteiger partial charge in [-0.2, -0.15) is 5.10 Å². The second-order valence-electron chi connectivity index (χ2n) is 13.1. The summed E-state index contributed by atoms with van der Waals surface area (Å²) in [6.07, 6.45) is 3.34. The fraction of sp³-hybridized carbons (Fsp3) is 0.455. The molecule has 272 valence electrons. The van der Waals surface area contributed by atoms with Crippen molar-refractivity contribution in [1.82, 2.24) is 44.6 Å². The van der Waals surface area contributed by atoms with Gasteiger partial charge in [-0.25, -0.2) is 9.48 Å². The monoisotopic (exact) mass is 730 g/mol. The number of amides is 1. The van der Waals surface area contributed by atoms with Crippen molar-refractivity contribution in [3.05, 3.63) is 71.4 Å². The van der Waals surface area contributed by atoms with E-state index in [1.807, 2.05) is 27.6 Å². The number of aromatic nitrogens is 8. The van der Waals surface area contributed by atoms with Crippen LogP contribution in [0.4, 0.5) is 23.7 Å². The Labute approximate surface area is 296 Å². The third kappa shape index (κ3) is 9.46. The first kappa shape index (κ1) is 35.9. The Balaban J connectivity index is 1.11. The number of halogens is 4. The molecule has 1 atom stereocenters. The van der Waals surface area contributed by atoms with Crippen LogP contribution >= 0.6 is 11.6 Å². The fourth-order valence-electron chi connectivity index (χ4n) is 5.66. The molecule has 2 N–H and O–H groups in total. The number of nitrogens with one attached hydrogen (secondary N) is 2. The Kier molecular flexibility index (Phi) is 10.7. The predicted molar refractivity (Wildman–Crippen MR) is 181 cm³/mol. The van der Waals surface area contributed by atoms with Crippen LogP contribution in [0.3, 0.4) is 0 Å². The first-order valence-corrected chi connectivity index (χ1v) is 16.8. The molecule has 0 spiro atoms. The third-order valence-corrected chi connectivity index (χ3v) is 8.26. The third-order valence-electron chi connectivity index (χ3n) is 7.97. The molecule has 0 bridgehead atoms. The Morgan fingerprint density at radius 3 is 2.55 bits per heavy atom. The highest BCUT2D eigenvalue weighted by Gasteiger charge is 2.32. The summed E-state index contributed by atoms with van der Waals surface area (Å²) in [6.45, 7) is 6.67. The minimum absolute atomic E-state index is 0.0258. The number of fused-ring (bicyclic) bond motifs is 1. The number of rotatable bonds is 12. The van der Waals surface area contributed by atoms with Crippen molar-refractivity contribution in [2.45, 2.75) is 77.6 Å². The highest BCUT2D eigenvalue weighted by Crippen LogP contribution is 2.33. The van der Waals surface area contributed by atoms with Gasteiger partial charge in [-0.05, 0) is 69.9 Å². The minimum Gasteiger partial charge on any atom is -0.444 e. The lowest BCUT2D eigenvalue weighted by atomic mass is 10.1. The molecule has 1 aliphatic rings. The number of hydrogen-bond acceptors (Lipinski definition) is 10. The zero-order chi connectivity index (χ0) is 36.2. The molecule has 3 aromatic heterocycles. The van der Waals surface area contributed by atoms with Gasteiger partial charge < -0.3 is 29.4 Å². The molecule has 2 aromatic carbocycles. The lowest BCUT2D eigenvalue weighted by Gasteiger charge is -2.27. The van der Waals surface area contributed by atoms with Gasteiger partial charge in [0.05, 0.1) is 22.4 Å². The quantitative estimate of drug-likeness (QED) is 0.143. The number of carbonyl (C=O) groups is 1. The number of anilines is 1. The Morgan fingerprint density at radius 1 is 1.10 bits per heavy atom. The smallest absolute Gasteiger partial charge is 0.444 e. The molecular weight excluding hydrogens is 693 g/mol. The number of hydrogen-bond donors (Lipinski definition) is 2. The standard InChI is InChI=1S/C33H38ClF3N10O4/c1-32(2,3)51-31(48)45(18-21-7-8-27(24(34)14-21)50-33(35,36)37)12-10-29-42-28(43-44-29)9-11-38-25-15-22(46-19-39-40-20-46)16-26-23(25)17-41-47(26)30-6-4-5-13-49-30/h7-8,14-17,19-20,30,38H,4-6,9-13,18H2,1-3H3,(H,42,43,44). The molecule has 0 aliphatic carbocycles. The second-order valence-corrected chi connectivity index (χ2v) is 13.5.